The summed E-state index contributed by atoms with van der Waals surface area (Å²) in [5.74, 6) is 1.75. The second kappa shape index (κ2) is 10.5. The number of piperidine rings is 1. The highest BCUT2D eigenvalue weighted by Crippen LogP contribution is 2.41. The first-order valence-electron chi connectivity index (χ1n) is 12.5. The lowest BCUT2D eigenvalue weighted by Gasteiger charge is -2.31. The van der Waals surface area contributed by atoms with Crippen LogP contribution in [0.25, 0.3) is 16.5 Å². The monoisotopic (exact) mass is 468 g/mol. The van der Waals surface area contributed by atoms with Crippen LogP contribution in [0.1, 0.15) is 68.9 Å². The standard InChI is InChI=1S/C27H36N2O5/c1-5-32-25-18(4)26-22(20-9-7-8-10-23(20)34-26)16-21(25)17(3)15-24(30)28-19-11-13-29(14-12-19)27(31)33-6-2/h15-16,19H,5-14H2,1-4H3,(H,28,30)/b17-15+. The molecule has 34 heavy (non-hydrogen) atoms. The molecule has 7 nitrogen and oxygen atoms in total. The molecule has 0 unspecified atom stereocenters. The predicted octanol–water partition coefficient (Wildman–Crippen LogP) is 5.16. The van der Waals surface area contributed by atoms with E-state index < -0.39 is 0 Å². The van der Waals surface area contributed by atoms with Gasteiger partial charge in [0.05, 0.1) is 13.2 Å². The van der Waals surface area contributed by atoms with Gasteiger partial charge < -0.3 is 24.1 Å². The number of benzene rings is 1. The van der Waals surface area contributed by atoms with E-state index in [-0.39, 0.29) is 18.0 Å². The molecule has 0 bridgehead atoms. The SMILES string of the molecule is CCOC(=O)N1CCC(NC(=O)/C=C(\C)c2cc3c4c(oc3c(C)c2OCC)CCCC4)CC1. The van der Waals surface area contributed by atoms with E-state index in [2.05, 4.69) is 11.4 Å². The van der Waals surface area contributed by atoms with Gasteiger partial charge in [0.15, 0.2) is 0 Å². The number of carbonyl (C=O) groups excluding carboxylic acids is 2. The summed E-state index contributed by atoms with van der Waals surface area (Å²) in [5, 5.41) is 4.25. The van der Waals surface area contributed by atoms with Gasteiger partial charge in [-0.3, -0.25) is 4.79 Å². The van der Waals surface area contributed by atoms with E-state index in [0.717, 1.165) is 58.4 Å². The number of amides is 2. The fourth-order valence-corrected chi connectivity index (χ4v) is 5.10. The van der Waals surface area contributed by atoms with Crippen molar-refractivity contribution in [2.45, 2.75) is 72.3 Å². The molecule has 1 aromatic heterocycles. The topological polar surface area (TPSA) is 81.0 Å². The Morgan fingerprint density at radius 3 is 2.62 bits per heavy atom. The zero-order chi connectivity index (χ0) is 24.2. The van der Waals surface area contributed by atoms with Gasteiger partial charge >= 0.3 is 6.09 Å². The number of hydrogen-bond acceptors (Lipinski definition) is 5. The van der Waals surface area contributed by atoms with Gasteiger partial charge in [0, 0.05) is 53.7 Å². The third-order valence-corrected chi connectivity index (χ3v) is 6.86. The molecule has 1 N–H and O–H groups in total. The Labute approximate surface area is 201 Å². The number of aryl methyl sites for hydroxylation is 3. The number of allylic oxidation sites excluding steroid dienone is 1. The van der Waals surface area contributed by atoms with Crippen molar-refractivity contribution in [3.05, 3.63) is 34.6 Å². The van der Waals surface area contributed by atoms with Crippen LogP contribution < -0.4 is 10.1 Å². The van der Waals surface area contributed by atoms with Crippen LogP contribution >= 0.6 is 0 Å². The van der Waals surface area contributed by atoms with Crippen LogP contribution in [0.4, 0.5) is 4.79 Å². The first-order chi connectivity index (χ1) is 16.4. The normalized spacial score (nSPS) is 16.9. The smallest absolute Gasteiger partial charge is 0.409 e. The number of nitrogens with one attached hydrogen (secondary N) is 1. The van der Waals surface area contributed by atoms with E-state index in [0.29, 0.717) is 39.1 Å². The number of rotatable bonds is 6. The Balaban J connectivity index is 1.53. The van der Waals surface area contributed by atoms with Gasteiger partial charge in [-0.1, -0.05) is 0 Å². The lowest BCUT2D eigenvalue weighted by molar-refractivity contribution is -0.117. The fourth-order valence-electron chi connectivity index (χ4n) is 5.10. The van der Waals surface area contributed by atoms with E-state index in [1.54, 1.807) is 17.9 Å². The van der Waals surface area contributed by atoms with Gasteiger partial charge in [-0.15, -0.1) is 0 Å². The van der Waals surface area contributed by atoms with Gasteiger partial charge in [-0.2, -0.15) is 0 Å². The van der Waals surface area contributed by atoms with Crippen LogP contribution in [0.2, 0.25) is 0 Å². The van der Waals surface area contributed by atoms with Gasteiger partial charge in [-0.25, -0.2) is 4.79 Å². The van der Waals surface area contributed by atoms with Crippen LogP contribution in [0.5, 0.6) is 5.75 Å². The molecule has 0 radical (unpaired) electrons. The maximum atomic E-state index is 12.9. The molecule has 4 rings (SSSR count). The van der Waals surface area contributed by atoms with Crippen molar-refractivity contribution in [2.24, 2.45) is 0 Å². The second-order valence-corrected chi connectivity index (χ2v) is 9.20. The number of fused-ring (bicyclic) bond motifs is 3. The van der Waals surface area contributed by atoms with Crippen molar-refractivity contribution in [1.82, 2.24) is 10.2 Å². The summed E-state index contributed by atoms with van der Waals surface area (Å²) < 4.78 is 17.4. The van der Waals surface area contributed by atoms with Crippen LogP contribution in [0, 0.1) is 6.92 Å². The first kappa shape index (κ1) is 24.2. The first-order valence-corrected chi connectivity index (χ1v) is 12.5. The Kier molecular flexibility index (Phi) is 7.49. The molecular formula is C27H36N2O5. The molecule has 0 atom stereocenters. The van der Waals surface area contributed by atoms with Crippen LogP contribution in [0.15, 0.2) is 16.6 Å². The van der Waals surface area contributed by atoms with E-state index in [4.69, 9.17) is 13.9 Å². The van der Waals surface area contributed by atoms with E-state index in [1.807, 2.05) is 20.8 Å². The number of ether oxygens (including phenoxy) is 2. The maximum absolute atomic E-state index is 12.9. The quantitative estimate of drug-likeness (QED) is 0.593. The molecule has 184 valence electrons. The lowest BCUT2D eigenvalue weighted by Crippen LogP contribution is -2.46. The Hall–Kier alpha value is -2.96. The van der Waals surface area contributed by atoms with E-state index >= 15 is 0 Å². The summed E-state index contributed by atoms with van der Waals surface area (Å²) >= 11 is 0. The zero-order valence-corrected chi connectivity index (χ0v) is 20.8. The Morgan fingerprint density at radius 2 is 1.91 bits per heavy atom. The van der Waals surface area contributed by atoms with Crippen molar-refractivity contribution in [1.29, 1.82) is 0 Å². The minimum absolute atomic E-state index is 0.0405. The minimum atomic E-state index is -0.279. The average Bonchev–Trinajstić information content (AvgIpc) is 3.20. The Bertz CT molecular complexity index is 1090. The number of likely N-dealkylation sites (tertiary alicyclic amines) is 1. The summed E-state index contributed by atoms with van der Waals surface area (Å²) in [5.41, 5.74) is 5.00. The third-order valence-electron chi connectivity index (χ3n) is 6.86. The molecule has 2 aromatic rings. The molecule has 0 spiro atoms. The van der Waals surface area contributed by atoms with Gasteiger partial charge in [0.25, 0.3) is 0 Å². The molecule has 1 aromatic carbocycles. The van der Waals surface area contributed by atoms with Crippen molar-refractivity contribution in [3.63, 3.8) is 0 Å². The van der Waals surface area contributed by atoms with Crippen molar-refractivity contribution < 1.29 is 23.5 Å². The number of nitrogens with zero attached hydrogens (tertiary/aromatic N) is 1. The summed E-state index contributed by atoms with van der Waals surface area (Å²) in [6.07, 6.45) is 7.16. The molecule has 2 aliphatic rings. The highest BCUT2D eigenvalue weighted by atomic mass is 16.6. The number of furan rings is 1. The zero-order valence-electron chi connectivity index (χ0n) is 20.8. The number of carbonyl (C=O) groups is 2. The molecule has 2 heterocycles. The van der Waals surface area contributed by atoms with Crippen LogP contribution in [-0.4, -0.2) is 49.2 Å². The second-order valence-electron chi connectivity index (χ2n) is 9.20. The largest absolute Gasteiger partial charge is 0.493 e. The molecule has 2 amide bonds. The van der Waals surface area contributed by atoms with E-state index in [1.165, 1.54) is 12.0 Å². The molecule has 1 aliphatic carbocycles. The summed E-state index contributed by atoms with van der Waals surface area (Å²) in [6.45, 7) is 9.85. The van der Waals surface area contributed by atoms with Gasteiger partial charge in [0.2, 0.25) is 5.91 Å². The summed E-state index contributed by atoms with van der Waals surface area (Å²) in [6, 6.07) is 2.18. The van der Waals surface area contributed by atoms with Crippen molar-refractivity contribution in [2.75, 3.05) is 26.3 Å². The van der Waals surface area contributed by atoms with Crippen molar-refractivity contribution in [3.8, 4) is 5.75 Å². The lowest BCUT2D eigenvalue weighted by atomic mass is 9.93. The third kappa shape index (κ3) is 4.93. The number of hydrogen-bond donors (Lipinski definition) is 1. The van der Waals surface area contributed by atoms with Crippen LogP contribution in [0.3, 0.4) is 0 Å². The summed E-state index contributed by atoms with van der Waals surface area (Å²) in [4.78, 5) is 26.5. The predicted molar refractivity (Wildman–Crippen MR) is 132 cm³/mol. The molecule has 1 saturated heterocycles. The Morgan fingerprint density at radius 1 is 1.18 bits per heavy atom. The highest BCUT2D eigenvalue weighted by Gasteiger charge is 2.25. The van der Waals surface area contributed by atoms with Crippen molar-refractivity contribution >= 4 is 28.5 Å². The molecule has 1 fully saturated rings. The van der Waals surface area contributed by atoms with E-state index in [9.17, 15) is 9.59 Å². The minimum Gasteiger partial charge on any atom is -0.493 e. The molecule has 0 saturated carbocycles. The van der Waals surface area contributed by atoms with Gasteiger partial charge in [0.1, 0.15) is 17.1 Å². The highest BCUT2D eigenvalue weighted by molar-refractivity contribution is 5.98. The molecule has 1 aliphatic heterocycles. The van der Waals surface area contributed by atoms with Gasteiger partial charge in [-0.05, 0) is 71.4 Å². The fraction of sp³-hybridized carbons (Fsp3) is 0.556. The summed E-state index contributed by atoms with van der Waals surface area (Å²) in [7, 11) is 0. The van der Waals surface area contributed by atoms with Crippen LogP contribution in [-0.2, 0) is 22.4 Å². The molecule has 7 heteroatoms. The molecular weight excluding hydrogens is 432 g/mol. The average molecular weight is 469 g/mol. The maximum Gasteiger partial charge on any atom is 0.409 e.